The molecular formula is C30H36F2N2O4. The van der Waals surface area contributed by atoms with Gasteiger partial charge in [-0.15, -0.1) is 0 Å². The van der Waals surface area contributed by atoms with Crippen LogP contribution in [-0.4, -0.2) is 67.6 Å². The van der Waals surface area contributed by atoms with Crippen LogP contribution in [-0.2, 0) is 19.7 Å². The molecule has 0 atom stereocenters. The van der Waals surface area contributed by atoms with E-state index >= 15 is 0 Å². The van der Waals surface area contributed by atoms with E-state index in [2.05, 4.69) is 0 Å². The van der Waals surface area contributed by atoms with Gasteiger partial charge >= 0.3 is 0 Å². The van der Waals surface area contributed by atoms with Crippen molar-refractivity contribution in [1.29, 1.82) is 0 Å². The lowest BCUT2D eigenvalue weighted by Crippen LogP contribution is -2.53. The highest BCUT2D eigenvalue weighted by molar-refractivity contribution is 5.89. The zero-order chi connectivity index (χ0) is 26.6. The zero-order valence-electron chi connectivity index (χ0n) is 21.8. The molecular weight excluding hydrogens is 490 g/mol. The number of likely N-dealkylation sites (tertiary alicyclic amines) is 1. The molecule has 0 radical (unpaired) electrons. The molecule has 2 saturated heterocycles. The fourth-order valence-corrected chi connectivity index (χ4v) is 6.30. The summed E-state index contributed by atoms with van der Waals surface area (Å²) in [5.41, 5.74) is -0.775. The van der Waals surface area contributed by atoms with Gasteiger partial charge in [0.1, 0.15) is 17.4 Å². The van der Waals surface area contributed by atoms with Crippen LogP contribution in [0.3, 0.4) is 0 Å². The Labute approximate surface area is 222 Å². The molecule has 0 aromatic heterocycles. The molecule has 1 saturated carbocycles. The average molecular weight is 527 g/mol. The SMILES string of the molecule is O=C(CC1(COc2ccc(F)cc2)CCN(C(=O)C2(c3ccccc3F)CCCC2)CC1)N1CCOCC1. The number of nitrogens with zero attached hydrogens (tertiary/aromatic N) is 2. The first kappa shape index (κ1) is 26.6. The lowest BCUT2D eigenvalue weighted by Gasteiger charge is -2.44. The highest BCUT2D eigenvalue weighted by Crippen LogP contribution is 2.45. The predicted molar refractivity (Wildman–Crippen MR) is 139 cm³/mol. The Bertz CT molecular complexity index is 1120. The standard InChI is InChI=1S/C30H36F2N2O4/c31-23-7-9-24(10-8-23)38-22-29(21-27(35)33-17-19-37-20-18-33)13-15-34(16-14-29)28(36)30(11-3-4-12-30)25-5-1-2-6-26(25)32/h1-2,5-10H,3-4,11-22H2. The molecule has 2 amide bonds. The summed E-state index contributed by atoms with van der Waals surface area (Å²) in [6.07, 6.45) is 4.62. The first-order valence-corrected chi connectivity index (χ1v) is 13.7. The fraction of sp³-hybridized carbons (Fsp3) is 0.533. The van der Waals surface area contributed by atoms with Crippen molar-refractivity contribution in [3.63, 3.8) is 0 Å². The lowest BCUT2D eigenvalue weighted by atomic mass is 9.73. The van der Waals surface area contributed by atoms with Gasteiger partial charge in [0.15, 0.2) is 0 Å². The summed E-state index contributed by atoms with van der Waals surface area (Å²) in [6.45, 7) is 3.48. The summed E-state index contributed by atoms with van der Waals surface area (Å²) >= 11 is 0. The van der Waals surface area contributed by atoms with Crippen LogP contribution in [0.5, 0.6) is 5.75 Å². The van der Waals surface area contributed by atoms with Crippen LogP contribution in [0.1, 0.15) is 50.5 Å². The molecule has 6 nitrogen and oxygen atoms in total. The number of benzene rings is 2. The molecule has 5 rings (SSSR count). The van der Waals surface area contributed by atoms with Crippen LogP contribution in [0, 0.1) is 17.0 Å². The smallest absolute Gasteiger partial charge is 0.233 e. The molecule has 8 heteroatoms. The summed E-state index contributed by atoms with van der Waals surface area (Å²) in [6, 6.07) is 12.5. The summed E-state index contributed by atoms with van der Waals surface area (Å²) in [5, 5.41) is 0. The van der Waals surface area contributed by atoms with E-state index in [9.17, 15) is 18.4 Å². The zero-order valence-corrected chi connectivity index (χ0v) is 21.8. The van der Waals surface area contributed by atoms with Crippen LogP contribution >= 0.6 is 0 Å². The third-order valence-electron chi connectivity index (χ3n) is 8.62. The molecule has 2 heterocycles. The van der Waals surface area contributed by atoms with Crippen molar-refractivity contribution >= 4 is 11.8 Å². The van der Waals surface area contributed by atoms with Gasteiger partial charge in [-0.25, -0.2) is 8.78 Å². The van der Waals surface area contributed by atoms with Crippen LogP contribution < -0.4 is 4.74 Å². The van der Waals surface area contributed by atoms with Crippen molar-refractivity contribution in [2.24, 2.45) is 5.41 Å². The molecule has 2 aromatic carbocycles. The minimum absolute atomic E-state index is 0.00680. The van der Waals surface area contributed by atoms with E-state index in [1.54, 1.807) is 30.3 Å². The van der Waals surface area contributed by atoms with E-state index in [1.807, 2.05) is 9.80 Å². The van der Waals surface area contributed by atoms with E-state index in [0.717, 1.165) is 12.8 Å². The number of carbonyl (C=O) groups is 2. The number of piperidine rings is 1. The maximum absolute atomic E-state index is 14.9. The number of ether oxygens (including phenoxy) is 2. The van der Waals surface area contributed by atoms with Crippen molar-refractivity contribution in [3.05, 3.63) is 65.7 Å². The molecule has 0 bridgehead atoms. The highest BCUT2D eigenvalue weighted by atomic mass is 19.1. The summed E-state index contributed by atoms with van der Waals surface area (Å²) in [4.78, 5) is 30.9. The number of carbonyl (C=O) groups excluding carboxylic acids is 2. The van der Waals surface area contributed by atoms with E-state index in [0.29, 0.717) is 89.4 Å². The second-order valence-electron chi connectivity index (χ2n) is 11.0. The summed E-state index contributed by atoms with van der Waals surface area (Å²) < 4.78 is 39.7. The minimum atomic E-state index is -0.820. The van der Waals surface area contributed by atoms with E-state index in [1.165, 1.54) is 18.2 Å². The Morgan fingerprint density at radius 1 is 0.842 bits per heavy atom. The topological polar surface area (TPSA) is 59.1 Å². The quantitative estimate of drug-likeness (QED) is 0.524. The van der Waals surface area contributed by atoms with Crippen molar-refractivity contribution in [1.82, 2.24) is 9.80 Å². The van der Waals surface area contributed by atoms with E-state index in [-0.39, 0.29) is 23.4 Å². The second kappa shape index (κ2) is 11.4. The first-order chi connectivity index (χ1) is 18.4. The van der Waals surface area contributed by atoms with Crippen molar-refractivity contribution in [2.45, 2.75) is 50.4 Å². The molecule has 1 aliphatic carbocycles. The molecule has 0 unspecified atom stereocenters. The molecule has 0 N–H and O–H groups in total. The lowest BCUT2D eigenvalue weighted by molar-refractivity contribution is -0.143. The van der Waals surface area contributed by atoms with Gasteiger partial charge in [-0.05, 0) is 56.0 Å². The minimum Gasteiger partial charge on any atom is -0.493 e. The van der Waals surface area contributed by atoms with Gasteiger partial charge in [0.2, 0.25) is 11.8 Å². The van der Waals surface area contributed by atoms with Gasteiger partial charge in [-0.2, -0.15) is 0 Å². The van der Waals surface area contributed by atoms with E-state index < -0.39 is 10.8 Å². The van der Waals surface area contributed by atoms with Crippen LogP contribution in [0.25, 0.3) is 0 Å². The third kappa shape index (κ3) is 5.55. The molecule has 3 aliphatic rings. The van der Waals surface area contributed by atoms with Gasteiger partial charge in [-0.1, -0.05) is 31.0 Å². The highest BCUT2D eigenvalue weighted by Gasteiger charge is 2.48. The number of halogens is 2. The maximum Gasteiger partial charge on any atom is 0.233 e. The Hall–Kier alpha value is -3.00. The largest absolute Gasteiger partial charge is 0.493 e. The molecule has 2 aliphatic heterocycles. The molecule has 3 fully saturated rings. The van der Waals surface area contributed by atoms with Crippen LogP contribution in [0.2, 0.25) is 0 Å². The van der Waals surface area contributed by atoms with E-state index in [4.69, 9.17) is 9.47 Å². The van der Waals surface area contributed by atoms with Crippen molar-refractivity contribution < 1.29 is 27.8 Å². The monoisotopic (exact) mass is 526 g/mol. The fourth-order valence-electron chi connectivity index (χ4n) is 6.30. The number of hydrogen-bond donors (Lipinski definition) is 0. The number of amides is 2. The second-order valence-corrected chi connectivity index (χ2v) is 11.0. The van der Waals surface area contributed by atoms with Gasteiger partial charge in [-0.3, -0.25) is 9.59 Å². The van der Waals surface area contributed by atoms with Crippen LogP contribution in [0.4, 0.5) is 8.78 Å². The Morgan fingerprint density at radius 3 is 2.16 bits per heavy atom. The molecule has 2 aromatic rings. The number of hydrogen-bond acceptors (Lipinski definition) is 4. The Morgan fingerprint density at radius 2 is 1.50 bits per heavy atom. The van der Waals surface area contributed by atoms with Gasteiger partial charge in [0, 0.05) is 43.6 Å². The Kier molecular flexibility index (Phi) is 7.98. The maximum atomic E-state index is 14.9. The molecule has 0 spiro atoms. The summed E-state index contributed by atoms with van der Waals surface area (Å²) in [5.74, 6) is -0.0513. The third-order valence-corrected chi connectivity index (χ3v) is 8.62. The van der Waals surface area contributed by atoms with Gasteiger partial charge < -0.3 is 19.3 Å². The number of morpholine rings is 1. The summed E-state index contributed by atoms with van der Waals surface area (Å²) in [7, 11) is 0. The normalized spacial score (nSPS) is 20.8. The average Bonchev–Trinajstić information content (AvgIpc) is 3.45. The molecule has 204 valence electrons. The van der Waals surface area contributed by atoms with Crippen molar-refractivity contribution in [2.75, 3.05) is 46.0 Å². The Balaban J connectivity index is 1.32. The van der Waals surface area contributed by atoms with Crippen molar-refractivity contribution in [3.8, 4) is 5.75 Å². The number of rotatable bonds is 7. The first-order valence-electron chi connectivity index (χ1n) is 13.7. The van der Waals surface area contributed by atoms with Gasteiger partial charge in [0.25, 0.3) is 0 Å². The predicted octanol–water partition coefficient (Wildman–Crippen LogP) is 4.71. The van der Waals surface area contributed by atoms with Crippen LogP contribution in [0.15, 0.2) is 48.5 Å². The molecule has 38 heavy (non-hydrogen) atoms. The van der Waals surface area contributed by atoms with Gasteiger partial charge in [0.05, 0.1) is 25.2 Å².